The molecule has 1 fully saturated rings. The average molecular weight is 353 g/mol. The fourth-order valence-corrected chi connectivity index (χ4v) is 2.81. The van der Waals surface area contributed by atoms with Crippen LogP contribution in [0.1, 0.15) is 34.9 Å². The standard InChI is InChI=1S/C18H19N5O3/c1-22-15(11-14(20-22)16-3-2-10-26-16)18(25)19-8-9-23-17(24)7-6-13(21-23)12-4-5-12/h2-3,6-7,10-12H,4-5,8-9H2,1H3,(H,19,25). The zero-order valence-corrected chi connectivity index (χ0v) is 14.4. The average Bonchev–Trinajstić information content (AvgIpc) is 3.18. The summed E-state index contributed by atoms with van der Waals surface area (Å²) < 4.78 is 8.21. The van der Waals surface area contributed by atoms with Crippen molar-refractivity contribution in [3.8, 4) is 11.5 Å². The highest BCUT2D eigenvalue weighted by Gasteiger charge is 2.25. The number of nitrogens with zero attached hydrogens (tertiary/aromatic N) is 4. The van der Waals surface area contributed by atoms with Crippen LogP contribution in [0.4, 0.5) is 0 Å². The lowest BCUT2D eigenvalue weighted by molar-refractivity contribution is 0.0942. The molecule has 0 spiro atoms. The third-order valence-corrected chi connectivity index (χ3v) is 4.38. The first-order valence-electron chi connectivity index (χ1n) is 8.56. The summed E-state index contributed by atoms with van der Waals surface area (Å²) in [6.07, 6.45) is 3.81. The van der Waals surface area contributed by atoms with Gasteiger partial charge in [-0.25, -0.2) is 4.68 Å². The summed E-state index contributed by atoms with van der Waals surface area (Å²) in [5.41, 5.74) is 1.80. The predicted molar refractivity (Wildman–Crippen MR) is 93.7 cm³/mol. The highest BCUT2D eigenvalue weighted by Crippen LogP contribution is 2.38. The summed E-state index contributed by atoms with van der Waals surface area (Å²) in [6.45, 7) is 0.634. The number of amides is 1. The number of hydrogen-bond acceptors (Lipinski definition) is 5. The summed E-state index contributed by atoms with van der Waals surface area (Å²) in [4.78, 5) is 24.3. The Bertz CT molecular complexity index is 983. The number of aromatic nitrogens is 4. The monoisotopic (exact) mass is 353 g/mol. The van der Waals surface area contributed by atoms with E-state index in [-0.39, 0.29) is 11.5 Å². The zero-order chi connectivity index (χ0) is 18.1. The summed E-state index contributed by atoms with van der Waals surface area (Å²) in [5, 5.41) is 11.5. The van der Waals surface area contributed by atoms with Crippen molar-refractivity contribution in [3.05, 3.63) is 58.3 Å². The van der Waals surface area contributed by atoms with Crippen molar-refractivity contribution in [1.29, 1.82) is 0 Å². The van der Waals surface area contributed by atoms with Crippen molar-refractivity contribution in [2.24, 2.45) is 7.05 Å². The van der Waals surface area contributed by atoms with Crippen molar-refractivity contribution in [2.75, 3.05) is 6.54 Å². The van der Waals surface area contributed by atoms with Gasteiger partial charge >= 0.3 is 0 Å². The third kappa shape index (κ3) is 3.30. The molecular formula is C18H19N5O3. The van der Waals surface area contributed by atoms with Crippen molar-refractivity contribution in [3.63, 3.8) is 0 Å². The number of furan rings is 1. The van der Waals surface area contributed by atoms with Crippen molar-refractivity contribution < 1.29 is 9.21 Å². The maximum atomic E-state index is 12.4. The minimum Gasteiger partial charge on any atom is -0.463 e. The van der Waals surface area contributed by atoms with Gasteiger partial charge in [-0.05, 0) is 31.0 Å². The van der Waals surface area contributed by atoms with Gasteiger partial charge in [0.1, 0.15) is 11.4 Å². The molecule has 1 saturated carbocycles. The van der Waals surface area contributed by atoms with E-state index >= 15 is 0 Å². The Kier molecular flexibility index (Phi) is 4.16. The Balaban J connectivity index is 1.40. The number of carbonyl (C=O) groups is 1. The lowest BCUT2D eigenvalue weighted by atomic mass is 10.3. The third-order valence-electron chi connectivity index (χ3n) is 4.38. The molecule has 1 aliphatic rings. The minimum atomic E-state index is -0.260. The van der Waals surface area contributed by atoms with Crippen LogP contribution in [0.15, 0.2) is 45.8 Å². The van der Waals surface area contributed by atoms with Crippen molar-refractivity contribution in [2.45, 2.75) is 25.3 Å². The normalized spacial score (nSPS) is 13.7. The first-order chi connectivity index (χ1) is 12.6. The quantitative estimate of drug-likeness (QED) is 0.725. The Hall–Kier alpha value is -3.16. The lowest BCUT2D eigenvalue weighted by Gasteiger charge is -2.08. The highest BCUT2D eigenvalue weighted by molar-refractivity contribution is 5.93. The van der Waals surface area contributed by atoms with Crippen LogP contribution >= 0.6 is 0 Å². The van der Waals surface area contributed by atoms with E-state index in [0.29, 0.717) is 36.2 Å². The summed E-state index contributed by atoms with van der Waals surface area (Å²) in [7, 11) is 1.70. The van der Waals surface area contributed by atoms with E-state index in [1.165, 1.54) is 9.36 Å². The molecule has 0 aliphatic heterocycles. The molecule has 0 saturated heterocycles. The summed E-state index contributed by atoms with van der Waals surface area (Å²) in [6, 6.07) is 8.56. The first kappa shape index (κ1) is 16.3. The zero-order valence-electron chi connectivity index (χ0n) is 14.4. The smallest absolute Gasteiger partial charge is 0.269 e. The molecule has 0 atom stereocenters. The number of hydrogen-bond donors (Lipinski definition) is 1. The molecule has 134 valence electrons. The van der Waals surface area contributed by atoms with Gasteiger partial charge in [-0.2, -0.15) is 10.2 Å². The molecule has 0 bridgehead atoms. The second-order valence-electron chi connectivity index (χ2n) is 6.37. The predicted octanol–water partition coefficient (Wildman–Crippen LogP) is 1.54. The van der Waals surface area contributed by atoms with Crippen LogP contribution in [-0.2, 0) is 13.6 Å². The molecule has 1 aliphatic carbocycles. The number of carbonyl (C=O) groups excluding carboxylic acids is 1. The first-order valence-corrected chi connectivity index (χ1v) is 8.56. The van der Waals surface area contributed by atoms with E-state index in [9.17, 15) is 9.59 Å². The van der Waals surface area contributed by atoms with E-state index in [1.54, 1.807) is 43.6 Å². The van der Waals surface area contributed by atoms with Gasteiger partial charge in [0.15, 0.2) is 5.76 Å². The Morgan fingerprint density at radius 1 is 1.31 bits per heavy atom. The van der Waals surface area contributed by atoms with Crippen molar-refractivity contribution >= 4 is 5.91 Å². The van der Waals surface area contributed by atoms with Gasteiger partial charge < -0.3 is 9.73 Å². The van der Waals surface area contributed by atoms with E-state index < -0.39 is 0 Å². The second-order valence-corrected chi connectivity index (χ2v) is 6.37. The maximum Gasteiger partial charge on any atom is 0.269 e. The molecule has 1 amide bonds. The molecule has 4 rings (SSSR count). The van der Waals surface area contributed by atoms with Crippen LogP contribution in [0, 0.1) is 0 Å². The molecule has 0 radical (unpaired) electrons. The molecule has 0 unspecified atom stereocenters. The number of nitrogens with one attached hydrogen (secondary N) is 1. The fourth-order valence-electron chi connectivity index (χ4n) is 2.81. The largest absolute Gasteiger partial charge is 0.463 e. The van der Waals surface area contributed by atoms with E-state index in [0.717, 1.165) is 18.5 Å². The molecular weight excluding hydrogens is 334 g/mol. The van der Waals surface area contributed by atoms with Crippen LogP contribution in [0.5, 0.6) is 0 Å². The molecule has 3 aromatic rings. The van der Waals surface area contributed by atoms with Crippen LogP contribution in [0.25, 0.3) is 11.5 Å². The number of aryl methyl sites for hydroxylation is 1. The van der Waals surface area contributed by atoms with Gasteiger partial charge in [0.25, 0.3) is 11.5 Å². The van der Waals surface area contributed by atoms with Gasteiger partial charge in [-0.1, -0.05) is 0 Å². The Labute approximate surface area is 149 Å². The lowest BCUT2D eigenvalue weighted by Crippen LogP contribution is -2.33. The molecule has 1 N–H and O–H groups in total. The van der Waals surface area contributed by atoms with E-state index in [4.69, 9.17) is 4.42 Å². The van der Waals surface area contributed by atoms with Crippen LogP contribution < -0.4 is 10.9 Å². The summed E-state index contributed by atoms with van der Waals surface area (Å²) >= 11 is 0. The second kappa shape index (κ2) is 6.62. The van der Waals surface area contributed by atoms with Crippen LogP contribution in [0.2, 0.25) is 0 Å². The van der Waals surface area contributed by atoms with Gasteiger partial charge in [-0.15, -0.1) is 0 Å². The molecule has 26 heavy (non-hydrogen) atoms. The summed E-state index contributed by atoms with van der Waals surface area (Å²) in [5.74, 6) is 0.822. The SMILES string of the molecule is Cn1nc(-c2ccco2)cc1C(=O)NCCn1nc(C2CC2)ccc1=O. The van der Waals surface area contributed by atoms with Crippen LogP contribution in [0.3, 0.4) is 0 Å². The highest BCUT2D eigenvalue weighted by atomic mass is 16.3. The van der Waals surface area contributed by atoms with E-state index in [1.807, 2.05) is 0 Å². The van der Waals surface area contributed by atoms with Crippen molar-refractivity contribution in [1.82, 2.24) is 24.9 Å². The van der Waals surface area contributed by atoms with Gasteiger partial charge in [-0.3, -0.25) is 14.3 Å². The van der Waals surface area contributed by atoms with Gasteiger partial charge in [0, 0.05) is 31.6 Å². The Morgan fingerprint density at radius 3 is 2.88 bits per heavy atom. The fraction of sp³-hybridized carbons (Fsp3) is 0.333. The number of rotatable bonds is 6. The topological polar surface area (TPSA) is 95.0 Å². The minimum absolute atomic E-state index is 0.163. The molecule has 8 nitrogen and oxygen atoms in total. The molecule has 3 aromatic heterocycles. The maximum absolute atomic E-state index is 12.4. The Morgan fingerprint density at radius 2 is 2.15 bits per heavy atom. The molecule has 0 aromatic carbocycles. The molecule has 3 heterocycles. The van der Waals surface area contributed by atoms with E-state index in [2.05, 4.69) is 15.5 Å². The van der Waals surface area contributed by atoms with Gasteiger partial charge in [0.05, 0.1) is 18.5 Å². The van der Waals surface area contributed by atoms with Crippen LogP contribution in [-0.4, -0.2) is 32.0 Å². The molecule has 8 heteroatoms. The van der Waals surface area contributed by atoms with Gasteiger partial charge in [0.2, 0.25) is 0 Å².